The van der Waals surface area contributed by atoms with Crippen molar-refractivity contribution in [2.45, 2.75) is 76.4 Å². The monoisotopic (exact) mass is 842 g/mol. The molecule has 0 saturated carbocycles. The van der Waals surface area contributed by atoms with Gasteiger partial charge in [-0.25, -0.2) is 14.3 Å². The van der Waals surface area contributed by atoms with Gasteiger partial charge in [-0.1, -0.05) is 54.6 Å². The number of carbonyl (C=O) groups is 1. The molecule has 1 aliphatic rings. The minimum absolute atomic E-state index is 0.0125. The first-order valence-electron chi connectivity index (χ1n) is 18.6. The number of nitrogens with zero attached hydrogens (tertiary/aromatic N) is 3. The van der Waals surface area contributed by atoms with Crippen LogP contribution >= 0.6 is 8.53 Å². The van der Waals surface area contributed by atoms with Crippen LogP contribution in [0.3, 0.4) is 0 Å². The van der Waals surface area contributed by atoms with E-state index in [1.54, 1.807) is 38.5 Å². The molecule has 14 nitrogen and oxygen atoms in total. The molecule has 0 bridgehead atoms. The molecule has 1 saturated heterocycles. The van der Waals surface area contributed by atoms with Crippen LogP contribution in [0.4, 0.5) is 13.2 Å². The van der Waals surface area contributed by atoms with Crippen LogP contribution in [0.1, 0.15) is 67.4 Å². The van der Waals surface area contributed by atoms with Crippen LogP contribution in [-0.4, -0.2) is 84.7 Å². The summed E-state index contributed by atoms with van der Waals surface area (Å²) in [5.74, 6) is -0.448. The quantitative estimate of drug-likeness (QED) is 0.0481. The van der Waals surface area contributed by atoms with Crippen molar-refractivity contribution < 1.29 is 50.7 Å². The zero-order valence-electron chi connectivity index (χ0n) is 33.3. The average Bonchev–Trinajstić information content (AvgIpc) is 3.59. The zero-order valence-corrected chi connectivity index (χ0v) is 34.2. The number of benzene rings is 3. The molecule has 0 radical (unpaired) electrons. The zero-order chi connectivity index (χ0) is 42.9. The maximum atomic E-state index is 13.6. The minimum Gasteiger partial charge on any atom is -0.497 e. The lowest BCUT2D eigenvalue weighted by Gasteiger charge is -2.41. The Morgan fingerprint density at radius 1 is 0.932 bits per heavy atom. The standard InChI is InChI=1S/C41H46F3N4O10P/c1-26(2)48(27(3)4)59(56-22-10-21-45)58-35-34(24-54-37(35)47-23-33(36(49)46-39(47)51)38(50)55-25-40(42,43)44)57-41(28-11-8-7-9-12-28,29-13-17-31(52-5)18-14-29)30-15-19-32(53-6)20-16-30/h7-9,11-20,23,26-27,34-35,37H,10,22,24-25H2,1-6H3,(H,46,49,51)/t34?,35-,37+,59?/m0/s1. The van der Waals surface area contributed by atoms with Gasteiger partial charge < -0.3 is 32.7 Å². The number of methoxy groups -OCH3 is 2. The maximum Gasteiger partial charge on any atom is 0.422 e. The summed E-state index contributed by atoms with van der Waals surface area (Å²) in [7, 11) is 1.04. The number of aromatic amines is 1. The highest BCUT2D eigenvalue weighted by atomic mass is 31.2. The van der Waals surface area contributed by atoms with E-state index in [1.165, 1.54) is 0 Å². The van der Waals surface area contributed by atoms with E-state index < -0.39 is 68.1 Å². The molecule has 316 valence electrons. The van der Waals surface area contributed by atoms with Gasteiger partial charge in [0.15, 0.2) is 12.8 Å². The van der Waals surface area contributed by atoms with Crippen LogP contribution in [0.25, 0.3) is 0 Å². The summed E-state index contributed by atoms with van der Waals surface area (Å²) in [6.45, 7) is 5.52. The van der Waals surface area contributed by atoms with Crippen molar-refractivity contribution in [2.75, 3.05) is 34.0 Å². The number of esters is 1. The van der Waals surface area contributed by atoms with Crippen molar-refractivity contribution in [1.29, 1.82) is 5.26 Å². The molecule has 3 aromatic carbocycles. The Labute approximate surface area is 340 Å². The Bertz CT molecular complexity index is 2100. The third kappa shape index (κ3) is 10.6. The summed E-state index contributed by atoms with van der Waals surface area (Å²) in [6, 6.07) is 25.6. The summed E-state index contributed by atoms with van der Waals surface area (Å²) < 4.78 is 83.9. The van der Waals surface area contributed by atoms with E-state index in [2.05, 4.69) is 10.8 Å². The smallest absolute Gasteiger partial charge is 0.422 e. The van der Waals surface area contributed by atoms with Crippen LogP contribution in [0, 0.1) is 11.3 Å². The summed E-state index contributed by atoms with van der Waals surface area (Å²) in [6.07, 6.45) is -7.87. The second kappa shape index (κ2) is 19.8. The fourth-order valence-corrected chi connectivity index (χ4v) is 8.48. The number of H-pyrrole nitrogens is 1. The molecule has 0 amide bonds. The molecule has 4 aromatic rings. The van der Waals surface area contributed by atoms with Gasteiger partial charge in [-0.3, -0.25) is 14.3 Å². The number of ether oxygens (including phenoxy) is 5. The van der Waals surface area contributed by atoms with Gasteiger partial charge in [-0.2, -0.15) is 18.4 Å². The largest absolute Gasteiger partial charge is 0.497 e. The number of hydrogen-bond donors (Lipinski definition) is 1. The number of alkyl halides is 3. The van der Waals surface area contributed by atoms with Crippen molar-refractivity contribution in [2.24, 2.45) is 0 Å². The number of carbonyl (C=O) groups excluding carboxylic acids is 1. The van der Waals surface area contributed by atoms with Crippen LogP contribution < -0.4 is 20.7 Å². The van der Waals surface area contributed by atoms with Gasteiger partial charge in [0.05, 0.1) is 39.9 Å². The SMILES string of the molecule is COc1ccc(C(OC2CO[C@@H](n3cc(C(=O)OCC(F)(F)F)c(=O)[nH]c3=O)[C@H]2OP(OCCC#N)N(C(C)C)C(C)C)(c2ccccc2)c2ccc(OC)cc2)cc1. The van der Waals surface area contributed by atoms with Crippen LogP contribution in [0.5, 0.6) is 11.5 Å². The summed E-state index contributed by atoms with van der Waals surface area (Å²) in [5, 5.41) is 9.38. The molecule has 18 heteroatoms. The molecule has 2 heterocycles. The Balaban J connectivity index is 1.72. The predicted octanol–water partition coefficient (Wildman–Crippen LogP) is 6.84. The molecule has 1 aliphatic heterocycles. The van der Waals surface area contributed by atoms with E-state index in [-0.39, 0.29) is 31.7 Å². The first-order chi connectivity index (χ1) is 28.1. The lowest BCUT2D eigenvalue weighted by molar-refractivity contribution is -0.161. The molecule has 59 heavy (non-hydrogen) atoms. The number of hydrogen-bond acceptors (Lipinski definition) is 12. The molecule has 1 aromatic heterocycles. The minimum atomic E-state index is -4.88. The van der Waals surface area contributed by atoms with E-state index >= 15 is 0 Å². The lowest BCUT2D eigenvalue weighted by Crippen LogP contribution is -2.45. The molecule has 5 rings (SSSR count). The Hall–Kier alpha value is -5.08. The van der Waals surface area contributed by atoms with E-state index in [9.17, 15) is 32.8 Å². The van der Waals surface area contributed by atoms with Gasteiger partial charge in [0, 0.05) is 18.3 Å². The molecule has 1 fully saturated rings. The van der Waals surface area contributed by atoms with Crippen molar-refractivity contribution in [3.05, 3.63) is 128 Å². The molecule has 1 N–H and O–H groups in total. The van der Waals surface area contributed by atoms with Crippen molar-refractivity contribution in [3.63, 3.8) is 0 Å². The number of halogens is 3. The first kappa shape index (κ1) is 45.0. The van der Waals surface area contributed by atoms with Gasteiger partial charge in [-0.15, -0.1) is 0 Å². The highest BCUT2D eigenvalue weighted by molar-refractivity contribution is 7.44. The highest BCUT2D eigenvalue weighted by Gasteiger charge is 2.50. The van der Waals surface area contributed by atoms with Gasteiger partial charge in [0.1, 0.15) is 34.9 Å². The van der Waals surface area contributed by atoms with Crippen LogP contribution in [0.2, 0.25) is 0 Å². The number of aromatic nitrogens is 2. The lowest BCUT2D eigenvalue weighted by atomic mass is 9.79. The van der Waals surface area contributed by atoms with Crippen molar-refractivity contribution >= 4 is 14.5 Å². The first-order valence-corrected chi connectivity index (χ1v) is 19.7. The number of nitriles is 1. The third-order valence-electron chi connectivity index (χ3n) is 9.28. The fraction of sp³-hybridized carbons (Fsp3) is 0.415. The topological polar surface area (TPSA) is 164 Å². The van der Waals surface area contributed by atoms with Crippen LogP contribution in [0.15, 0.2) is 94.6 Å². The van der Waals surface area contributed by atoms with Gasteiger partial charge in [0.25, 0.3) is 14.1 Å². The summed E-state index contributed by atoms with van der Waals surface area (Å²) in [5.41, 5.74) is -2.62. The maximum absolute atomic E-state index is 13.6. The van der Waals surface area contributed by atoms with E-state index in [0.29, 0.717) is 28.2 Å². The molecule has 0 aliphatic carbocycles. The molecule has 4 atom stereocenters. The Morgan fingerprint density at radius 2 is 1.49 bits per heavy atom. The highest BCUT2D eigenvalue weighted by Crippen LogP contribution is 2.52. The number of rotatable bonds is 18. The summed E-state index contributed by atoms with van der Waals surface area (Å²) in [4.78, 5) is 41.2. The van der Waals surface area contributed by atoms with E-state index in [1.807, 2.05) is 91.9 Å². The Kier molecular flexibility index (Phi) is 15.1. The van der Waals surface area contributed by atoms with Gasteiger partial charge >= 0.3 is 17.8 Å². The summed E-state index contributed by atoms with van der Waals surface area (Å²) >= 11 is 0. The number of nitrogens with one attached hydrogen (secondary N) is 1. The third-order valence-corrected chi connectivity index (χ3v) is 11.4. The van der Waals surface area contributed by atoms with Gasteiger partial charge in [0.2, 0.25) is 0 Å². The van der Waals surface area contributed by atoms with Gasteiger partial charge in [-0.05, 0) is 68.7 Å². The molecular weight excluding hydrogens is 796 g/mol. The predicted molar refractivity (Wildman–Crippen MR) is 210 cm³/mol. The average molecular weight is 843 g/mol. The molecular formula is C41H46F3N4O10P. The van der Waals surface area contributed by atoms with E-state index in [4.69, 9.17) is 28.0 Å². The molecule has 0 spiro atoms. The van der Waals surface area contributed by atoms with Crippen molar-refractivity contribution in [1.82, 2.24) is 14.2 Å². The second-order valence-corrected chi connectivity index (χ2v) is 15.3. The normalized spacial score (nSPS) is 17.6. The van der Waals surface area contributed by atoms with Crippen molar-refractivity contribution in [3.8, 4) is 17.6 Å². The molecule has 2 unspecified atom stereocenters. The second-order valence-electron chi connectivity index (χ2n) is 13.9. The van der Waals surface area contributed by atoms with Crippen LogP contribution in [-0.2, 0) is 28.9 Å². The fourth-order valence-electron chi connectivity index (χ4n) is 6.73. The van der Waals surface area contributed by atoms with E-state index in [0.717, 1.165) is 10.8 Å². The Morgan fingerprint density at radius 3 is 2.00 bits per heavy atom.